The fraction of sp³-hybridized carbons (Fsp3) is 0.100. The van der Waals surface area contributed by atoms with Crippen molar-refractivity contribution in [3.05, 3.63) is 50.9 Å². The molecule has 0 saturated carbocycles. The van der Waals surface area contributed by atoms with Crippen LogP contribution in [0.3, 0.4) is 0 Å². The van der Waals surface area contributed by atoms with Crippen LogP contribution in [-0.4, -0.2) is 4.98 Å². The quantitative estimate of drug-likeness (QED) is 0.799. The van der Waals surface area contributed by atoms with E-state index in [0.29, 0.717) is 0 Å². The highest BCUT2D eigenvalue weighted by atomic mass is 79.9. The standard InChI is InChI=1S/C10H8BrNS/c11-9-4-2-1-3-8(9)7-10-12-5-6-13-10/h1-6H,7H2. The maximum atomic E-state index is 4.25. The van der Waals surface area contributed by atoms with E-state index < -0.39 is 0 Å². The lowest BCUT2D eigenvalue weighted by atomic mass is 10.2. The number of hydrogen-bond donors (Lipinski definition) is 0. The van der Waals surface area contributed by atoms with Crippen molar-refractivity contribution in [2.75, 3.05) is 0 Å². The van der Waals surface area contributed by atoms with Gasteiger partial charge in [0.05, 0.1) is 5.01 Å². The molecular formula is C10H8BrNS. The smallest absolute Gasteiger partial charge is 0.0969 e. The molecular weight excluding hydrogens is 246 g/mol. The molecule has 66 valence electrons. The van der Waals surface area contributed by atoms with Crippen LogP contribution in [0.4, 0.5) is 0 Å². The van der Waals surface area contributed by atoms with E-state index in [2.05, 4.69) is 33.0 Å². The Morgan fingerprint density at radius 2 is 2.15 bits per heavy atom. The summed E-state index contributed by atoms with van der Waals surface area (Å²) >= 11 is 5.21. The van der Waals surface area contributed by atoms with E-state index in [9.17, 15) is 0 Å². The normalized spacial score (nSPS) is 10.2. The van der Waals surface area contributed by atoms with Crippen molar-refractivity contribution in [3.63, 3.8) is 0 Å². The Labute approximate surface area is 89.6 Å². The van der Waals surface area contributed by atoms with E-state index in [1.54, 1.807) is 11.3 Å². The lowest BCUT2D eigenvalue weighted by Gasteiger charge is -2.00. The number of hydrogen-bond acceptors (Lipinski definition) is 2. The molecule has 1 nitrogen and oxygen atoms in total. The van der Waals surface area contributed by atoms with Crippen molar-refractivity contribution < 1.29 is 0 Å². The molecule has 0 aliphatic rings. The number of benzene rings is 1. The first kappa shape index (κ1) is 8.91. The highest BCUT2D eigenvalue weighted by Crippen LogP contribution is 2.20. The van der Waals surface area contributed by atoms with Crippen LogP contribution in [0.15, 0.2) is 40.3 Å². The van der Waals surface area contributed by atoms with Crippen molar-refractivity contribution in [2.24, 2.45) is 0 Å². The SMILES string of the molecule is Brc1ccccc1Cc1nccs1. The second-order valence-electron chi connectivity index (χ2n) is 2.69. The molecule has 0 radical (unpaired) electrons. The van der Waals surface area contributed by atoms with Crippen molar-refractivity contribution >= 4 is 27.3 Å². The maximum Gasteiger partial charge on any atom is 0.0969 e. The van der Waals surface area contributed by atoms with Crippen LogP contribution in [-0.2, 0) is 6.42 Å². The van der Waals surface area contributed by atoms with Crippen LogP contribution in [0.5, 0.6) is 0 Å². The van der Waals surface area contributed by atoms with E-state index in [4.69, 9.17) is 0 Å². The number of nitrogens with zero attached hydrogens (tertiary/aromatic N) is 1. The van der Waals surface area contributed by atoms with Gasteiger partial charge in [-0.1, -0.05) is 34.1 Å². The molecule has 0 aliphatic carbocycles. The fourth-order valence-corrected chi connectivity index (χ4v) is 2.21. The molecule has 0 bridgehead atoms. The van der Waals surface area contributed by atoms with Gasteiger partial charge in [-0.25, -0.2) is 4.98 Å². The van der Waals surface area contributed by atoms with Gasteiger partial charge in [0, 0.05) is 22.5 Å². The summed E-state index contributed by atoms with van der Waals surface area (Å²) in [6.07, 6.45) is 2.76. The third-order valence-corrected chi connectivity index (χ3v) is 3.34. The number of rotatable bonds is 2. The summed E-state index contributed by atoms with van der Waals surface area (Å²) in [7, 11) is 0. The van der Waals surface area contributed by atoms with Gasteiger partial charge in [0.25, 0.3) is 0 Å². The highest BCUT2D eigenvalue weighted by molar-refractivity contribution is 9.10. The molecule has 1 aromatic carbocycles. The summed E-state index contributed by atoms with van der Waals surface area (Å²) in [4.78, 5) is 4.25. The Kier molecular flexibility index (Phi) is 2.76. The summed E-state index contributed by atoms with van der Waals surface area (Å²) < 4.78 is 1.16. The summed E-state index contributed by atoms with van der Waals surface area (Å²) in [6, 6.07) is 8.25. The van der Waals surface area contributed by atoms with Crippen LogP contribution in [0.1, 0.15) is 10.6 Å². The van der Waals surface area contributed by atoms with Crippen LogP contribution < -0.4 is 0 Å². The van der Waals surface area contributed by atoms with Gasteiger partial charge < -0.3 is 0 Å². The lowest BCUT2D eigenvalue weighted by Crippen LogP contribution is -1.87. The first-order valence-corrected chi connectivity index (χ1v) is 5.65. The minimum Gasteiger partial charge on any atom is -0.249 e. The summed E-state index contributed by atoms with van der Waals surface area (Å²) in [5.74, 6) is 0. The van der Waals surface area contributed by atoms with Crippen molar-refractivity contribution in [1.82, 2.24) is 4.98 Å². The Bertz CT molecular complexity index is 384. The third-order valence-electron chi connectivity index (χ3n) is 1.78. The van der Waals surface area contributed by atoms with Crippen molar-refractivity contribution in [1.29, 1.82) is 0 Å². The minimum atomic E-state index is 0.916. The summed E-state index contributed by atoms with van der Waals surface area (Å²) in [5.41, 5.74) is 1.29. The van der Waals surface area contributed by atoms with E-state index in [-0.39, 0.29) is 0 Å². The number of halogens is 1. The van der Waals surface area contributed by atoms with Crippen molar-refractivity contribution in [3.8, 4) is 0 Å². The number of aromatic nitrogens is 1. The van der Waals surface area contributed by atoms with E-state index in [1.165, 1.54) is 5.56 Å². The second-order valence-corrected chi connectivity index (χ2v) is 4.53. The molecule has 0 spiro atoms. The topological polar surface area (TPSA) is 12.9 Å². The zero-order valence-corrected chi connectivity index (χ0v) is 9.31. The van der Waals surface area contributed by atoms with Crippen LogP contribution in [0.2, 0.25) is 0 Å². The molecule has 2 rings (SSSR count). The van der Waals surface area contributed by atoms with Gasteiger partial charge in [-0.15, -0.1) is 11.3 Å². The molecule has 0 fully saturated rings. The van der Waals surface area contributed by atoms with E-state index in [1.807, 2.05) is 23.7 Å². The van der Waals surface area contributed by atoms with Gasteiger partial charge in [0.1, 0.15) is 0 Å². The van der Waals surface area contributed by atoms with Crippen molar-refractivity contribution in [2.45, 2.75) is 6.42 Å². The van der Waals surface area contributed by atoms with E-state index >= 15 is 0 Å². The molecule has 0 saturated heterocycles. The molecule has 1 heterocycles. The number of thiazole rings is 1. The molecule has 13 heavy (non-hydrogen) atoms. The molecule has 0 aliphatic heterocycles. The maximum absolute atomic E-state index is 4.25. The third kappa shape index (κ3) is 2.17. The Morgan fingerprint density at radius 3 is 2.85 bits per heavy atom. The van der Waals surface area contributed by atoms with Gasteiger partial charge in [-0.3, -0.25) is 0 Å². The van der Waals surface area contributed by atoms with Gasteiger partial charge in [0.15, 0.2) is 0 Å². The predicted molar refractivity (Wildman–Crippen MR) is 59.1 cm³/mol. The van der Waals surface area contributed by atoms with Crippen LogP contribution >= 0.6 is 27.3 Å². The average molecular weight is 254 g/mol. The van der Waals surface area contributed by atoms with Crippen LogP contribution in [0, 0.1) is 0 Å². The zero-order valence-electron chi connectivity index (χ0n) is 6.90. The largest absolute Gasteiger partial charge is 0.249 e. The lowest BCUT2D eigenvalue weighted by molar-refractivity contribution is 1.13. The summed E-state index contributed by atoms with van der Waals surface area (Å²) in [5, 5.41) is 3.17. The second kappa shape index (κ2) is 4.03. The first-order chi connectivity index (χ1) is 6.36. The summed E-state index contributed by atoms with van der Waals surface area (Å²) in [6.45, 7) is 0. The molecule has 3 heteroatoms. The molecule has 0 N–H and O–H groups in total. The van der Waals surface area contributed by atoms with Crippen LogP contribution in [0.25, 0.3) is 0 Å². The zero-order chi connectivity index (χ0) is 9.10. The first-order valence-electron chi connectivity index (χ1n) is 3.98. The average Bonchev–Trinajstić information content (AvgIpc) is 2.61. The van der Waals surface area contributed by atoms with E-state index in [0.717, 1.165) is 15.9 Å². The van der Waals surface area contributed by atoms with Gasteiger partial charge in [0.2, 0.25) is 0 Å². The molecule has 2 aromatic rings. The van der Waals surface area contributed by atoms with Gasteiger partial charge >= 0.3 is 0 Å². The Balaban J connectivity index is 2.24. The van der Waals surface area contributed by atoms with Gasteiger partial charge in [-0.2, -0.15) is 0 Å². The Hall–Kier alpha value is -0.670. The monoisotopic (exact) mass is 253 g/mol. The Morgan fingerprint density at radius 1 is 1.31 bits per heavy atom. The minimum absolute atomic E-state index is 0.916. The molecule has 0 unspecified atom stereocenters. The molecule has 0 atom stereocenters. The molecule has 0 amide bonds. The highest BCUT2D eigenvalue weighted by Gasteiger charge is 2.01. The predicted octanol–water partition coefficient (Wildman–Crippen LogP) is 3.50. The fourth-order valence-electron chi connectivity index (χ4n) is 1.14. The molecule has 1 aromatic heterocycles. The van der Waals surface area contributed by atoms with Gasteiger partial charge in [-0.05, 0) is 11.6 Å².